The minimum Gasteiger partial charge on any atom is -0.395 e. The van der Waals surface area contributed by atoms with Crippen LogP contribution in [0.1, 0.15) is 19.3 Å². The van der Waals surface area contributed by atoms with Crippen molar-refractivity contribution in [1.82, 2.24) is 10.2 Å². The number of rotatable bonds is 6. The molecule has 1 aliphatic carbocycles. The van der Waals surface area contributed by atoms with E-state index in [0.29, 0.717) is 12.5 Å². The molecule has 6 nitrogen and oxygen atoms in total. The van der Waals surface area contributed by atoms with Gasteiger partial charge in [-0.3, -0.25) is 4.79 Å². The van der Waals surface area contributed by atoms with Crippen LogP contribution in [0.3, 0.4) is 0 Å². The van der Waals surface area contributed by atoms with Gasteiger partial charge in [-0.1, -0.05) is 0 Å². The van der Waals surface area contributed by atoms with Gasteiger partial charge in [-0.2, -0.15) is 0 Å². The van der Waals surface area contributed by atoms with E-state index < -0.39 is 9.84 Å². The zero-order valence-electron chi connectivity index (χ0n) is 10.3. The summed E-state index contributed by atoms with van der Waals surface area (Å²) in [7, 11) is -3.01. The summed E-state index contributed by atoms with van der Waals surface area (Å²) in [5.41, 5.74) is 0. The van der Waals surface area contributed by atoms with Gasteiger partial charge in [0, 0.05) is 18.6 Å². The van der Waals surface area contributed by atoms with Crippen LogP contribution in [0.4, 0.5) is 0 Å². The van der Waals surface area contributed by atoms with E-state index in [-0.39, 0.29) is 43.2 Å². The van der Waals surface area contributed by atoms with Crippen molar-refractivity contribution in [3.8, 4) is 0 Å². The Bertz CT molecular complexity index is 405. The Morgan fingerprint density at radius 1 is 1.33 bits per heavy atom. The second kappa shape index (κ2) is 5.54. The molecule has 1 saturated heterocycles. The van der Waals surface area contributed by atoms with E-state index in [4.69, 9.17) is 5.11 Å². The number of hydrogen-bond acceptors (Lipinski definition) is 5. The summed E-state index contributed by atoms with van der Waals surface area (Å²) in [4.78, 5) is 13.5. The Balaban J connectivity index is 1.91. The number of aliphatic hydroxyl groups is 1. The fraction of sp³-hybridized carbons (Fsp3) is 0.909. The fourth-order valence-electron chi connectivity index (χ4n) is 2.26. The largest absolute Gasteiger partial charge is 0.395 e. The molecule has 2 rings (SSSR count). The van der Waals surface area contributed by atoms with Crippen LogP contribution in [0.2, 0.25) is 0 Å². The third-order valence-corrected chi connectivity index (χ3v) is 5.18. The number of sulfone groups is 1. The lowest BCUT2D eigenvalue weighted by Crippen LogP contribution is -2.46. The molecule has 2 fully saturated rings. The first-order chi connectivity index (χ1) is 8.52. The molecule has 0 spiro atoms. The van der Waals surface area contributed by atoms with Crippen molar-refractivity contribution in [2.45, 2.75) is 31.3 Å². The van der Waals surface area contributed by atoms with Gasteiger partial charge < -0.3 is 15.3 Å². The van der Waals surface area contributed by atoms with E-state index in [0.717, 1.165) is 12.8 Å². The topological polar surface area (TPSA) is 86.7 Å². The average molecular weight is 276 g/mol. The molecule has 1 amide bonds. The highest BCUT2D eigenvalue weighted by Crippen LogP contribution is 2.20. The lowest BCUT2D eigenvalue weighted by atomic mass is 10.2. The average Bonchev–Trinajstić information content (AvgIpc) is 3.07. The van der Waals surface area contributed by atoms with Crippen molar-refractivity contribution in [2.24, 2.45) is 0 Å². The van der Waals surface area contributed by atoms with Gasteiger partial charge in [-0.15, -0.1) is 0 Å². The molecule has 1 heterocycles. The molecule has 1 unspecified atom stereocenters. The number of aliphatic hydroxyl groups excluding tert-OH is 1. The van der Waals surface area contributed by atoms with Crippen LogP contribution in [0.15, 0.2) is 0 Å². The van der Waals surface area contributed by atoms with Gasteiger partial charge in [0.1, 0.15) is 0 Å². The predicted molar refractivity (Wildman–Crippen MR) is 66.9 cm³/mol. The van der Waals surface area contributed by atoms with Crippen molar-refractivity contribution in [1.29, 1.82) is 0 Å². The molecule has 104 valence electrons. The van der Waals surface area contributed by atoms with Gasteiger partial charge in [0.25, 0.3) is 0 Å². The molecular formula is C11H20N2O4S. The van der Waals surface area contributed by atoms with Crippen molar-refractivity contribution < 1.29 is 18.3 Å². The van der Waals surface area contributed by atoms with Crippen LogP contribution in [0.5, 0.6) is 0 Å². The van der Waals surface area contributed by atoms with E-state index in [1.54, 1.807) is 0 Å². The molecule has 0 aromatic heterocycles. The predicted octanol–water partition coefficient (Wildman–Crippen LogP) is -1.25. The summed E-state index contributed by atoms with van der Waals surface area (Å²) in [5.74, 6) is 0.0588. The second-order valence-corrected chi connectivity index (χ2v) is 7.25. The molecule has 0 bridgehead atoms. The Morgan fingerprint density at radius 3 is 2.56 bits per heavy atom. The molecule has 1 aliphatic heterocycles. The van der Waals surface area contributed by atoms with Crippen LogP contribution < -0.4 is 5.32 Å². The number of nitrogens with one attached hydrogen (secondary N) is 1. The van der Waals surface area contributed by atoms with Gasteiger partial charge in [-0.25, -0.2) is 8.42 Å². The molecule has 1 saturated carbocycles. The van der Waals surface area contributed by atoms with Gasteiger partial charge in [0.2, 0.25) is 5.91 Å². The van der Waals surface area contributed by atoms with Crippen molar-refractivity contribution in [2.75, 3.05) is 31.2 Å². The first kappa shape index (κ1) is 13.8. The fourth-order valence-corrected chi connectivity index (χ4v) is 3.99. The summed E-state index contributed by atoms with van der Waals surface area (Å²) >= 11 is 0. The van der Waals surface area contributed by atoms with Gasteiger partial charge in [-0.05, 0) is 19.3 Å². The Morgan fingerprint density at radius 2 is 2.06 bits per heavy atom. The monoisotopic (exact) mass is 276 g/mol. The quantitative estimate of drug-likeness (QED) is 0.633. The number of nitrogens with zero attached hydrogens (tertiary/aromatic N) is 1. The first-order valence-corrected chi connectivity index (χ1v) is 8.18. The number of carbonyl (C=O) groups excluding carboxylic acids is 1. The van der Waals surface area contributed by atoms with Gasteiger partial charge in [0.05, 0.1) is 24.7 Å². The molecule has 1 atom stereocenters. The Hall–Kier alpha value is -0.660. The molecule has 2 N–H and O–H groups in total. The molecular weight excluding hydrogens is 256 g/mol. The normalized spacial score (nSPS) is 26.2. The molecule has 7 heteroatoms. The minimum atomic E-state index is -3.01. The van der Waals surface area contributed by atoms with Crippen molar-refractivity contribution in [3.05, 3.63) is 0 Å². The highest BCUT2D eigenvalue weighted by atomic mass is 32.2. The minimum absolute atomic E-state index is 0.0299. The molecule has 0 radical (unpaired) electrons. The number of hydrogen-bond donors (Lipinski definition) is 2. The van der Waals surface area contributed by atoms with E-state index in [1.807, 2.05) is 0 Å². The SMILES string of the molecule is O=C(CNC1CC1)N(CCO)C1CCS(=O)(=O)C1. The van der Waals surface area contributed by atoms with Crippen molar-refractivity contribution in [3.63, 3.8) is 0 Å². The molecule has 2 aliphatic rings. The lowest BCUT2D eigenvalue weighted by Gasteiger charge is -2.27. The summed E-state index contributed by atoms with van der Waals surface area (Å²) in [6.45, 7) is 0.318. The number of amides is 1. The van der Waals surface area contributed by atoms with E-state index in [9.17, 15) is 13.2 Å². The maximum absolute atomic E-state index is 12.0. The van der Waals surface area contributed by atoms with Crippen LogP contribution in [-0.2, 0) is 14.6 Å². The zero-order chi connectivity index (χ0) is 13.2. The van der Waals surface area contributed by atoms with Crippen LogP contribution >= 0.6 is 0 Å². The summed E-state index contributed by atoms with van der Waals surface area (Å²) in [6, 6.07) is 0.174. The second-order valence-electron chi connectivity index (χ2n) is 5.02. The molecule has 18 heavy (non-hydrogen) atoms. The lowest BCUT2D eigenvalue weighted by molar-refractivity contribution is -0.132. The smallest absolute Gasteiger partial charge is 0.236 e. The van der Waals surface area contributed by atoms with Crippen LogP contribution in [0.25, 0.3) is 0 Å². The van der Waals surface area contributed by atoms with Crippen molar-refractivity contribution >= 4 is 15.7 Å². The summed E-state index contributed by atoms with van der Waals surface area (Å²) in [6.07, 6.45) is 2.69. The van der Waals surface area contributed by atoms with E-state index in [1.165, 1.54) is 4.90 Å². The van der Waals surface area contributed by atoms with E-state index in [2.05, 4.69) is 5.32 Å². The number of carbonyl (C=O) groups is 1. The van der Waals surface area contributed by atoms with Gasteiger partial charge in [0.15, 0.2) is 9.84 Å². The summed E-state index contributed by atoms with van der Waals surface area (Å²) < 4.78 is 22.9. The van der Waals surface area contributed by atoms with Crippen LogP contribution in [-0.4, -0.2) is 67.6 Å². The van der Waals surface area contributed by atoms with Crippen LogP contribution in [0, 0.1) is 0 Å². The standard InChI is InChI=1S/C11H20N2O4S/c14-5-4-13(10-3-6-18(16,17)8-10)11(15)7-12-9-1-2-9/h9-10,12,14H,1-8H2. The van der Waals surface area contributed by atoms with E-state index >= 15 is 0 Å². The Labute approximate surface area is 107 Å². The highest BCUT2D eigenvalue weighted by Gasteiger charge is 2.34. The zero-order valence-corrected chi connectivity index (χ0v) is 11.2. The third-order valence-electron chi connectivity index (χ3n) is 3.43. The Kier molecular flexibility index (Phi) is 4.24. The summed E-state index contributed by atoms with van der Waals surface area (Å²) in [5, 5.41) is 12.1. The molecule has 0 aromatic carbocycles. The molecule has 0 aromatic rings. The highest BCUT2D eigenvalue weighted by molar-refractivity contribution is 7.91. The van der Waals surface area contributed by atoms with Gasteiger partial charge >= 0.3 is 0 Å². The first-order valence-electron chi connectivity index (χ1n) is 6.36. The maximum Gasteiger partial charge on any atom is 0.236 e. The maximum atomic E-state index is 12.0. The third kappa shape index (κ3) is 3.66.